The highest BCUT2D eigenvalue weighted by molar-refractivity contribution is 5.94. The number of phenolic OH excluding ortho intramolecular Hbond substituents is 1. The van der Waals surface area contributed by atoms with Crippen molar-refractivity contribution in [2.24, 2.45) is 5.92 Å². The van der Waals surface area contributed by atoms with Gasteiger partial charge in [-0.15, -0.1) is 0 Å². The first-order valence-corrected chi connectivity index (χ1v) is 14.9. The van der Waals surface area contributed by atoms with Gasteiger partial charge < -0.3 is 25.0 Å². The molecule has 0 saturated carbocycles. The van der Waals surface area contributed by atoms with E-state index < -0.39 is 35.4 Å². The second kappa shape index (κ2) is 18.3. The van der Waals surface area contributed by atoms with Gasteiger partial charge in [0.05, 0.1) is 19.6 Å². The summed E-state index contributed by atoms with van der Waals surface area (Å²) in [5, 5.41) is 23.2. The van der Waals surface area contributed by atoms with Gasteiger partial charge in [0.2, 0.25) is 5.91 Å². The highest BCUT2D eigenvalue weighted by atomic mass is 16.6. The van der Waals surface area contributed by atoms with Crippen molar-refractivity contribution in [3.8, 4) is 5.75 Å². The molecule has 228 valence electrons. The van der Waals surface area contributed by atoms with Crippen molar-refractivity contribution in [3.05, 3.63) is 42.0 Å². The van der Waals surface area contributed by atoms with E-state index >= 15 is 0 Å². The van der Waals surface area contributed by atoms with Crippen LogP contribution in [0.5, 0.6) is 5.75 Å². The van der Waals surface area contributed by atoms with Gasteiger partial charge in [0, 0.05) is 25.7 Å². The molecule has 9 heteroatoms. The SMILES string of the molecule is CCCCCCCC(=O)CCCCCC/C=C/[C@H](C(=O)N[C@@H](Cc1ccc(O)cc1)C(=O)OC)[C@@]1(O)CCOC1=O. The molecule has 0 aliphatic carbocycles. The lowest BCUT2D eigenvalue weighted by atomic mass is 9.84. The number of ether oxygens (including phenoxy) is 2. The van der Waals surface area contributed by atoms with Gasteiger partial charge in [-0.1, -0.05) is 69.7 Å². The first-order chi connectivity index (χ1) is 19.7. The number of aliphatic hydroxyl groups is 1. The average molecular weight is 574 g/mol. The van der Waals surface area contributed by atoms with Gasteiger partial charge in [-0.25, -0.2) is 9.59 Å². The maximum Gasteiger partial charge on any atom is 0.339 e. The Balaban J connectivity index is 1.89. The normalized spacial score (nSPS) is 18.2. The minimum Gasteiger partial charge on any atom is -0.508 e. The molecule has 1 aliphatic rings. The molecule has 1 saturated heterocycles. The minimum absolute atomic E-state index is 0.00163. The molecule has 2 rings (SSSR count). The molecule has 1 aliphatic heterocycles. The lowest BCUT2D eigenvalue weighted by molar-refractivity contribution is -0.160. The third-order valence-electron chi connectivity index (χ3n) is 7.51. The predicted molar refractivity (Wildman–Crippen MR) is 155 cm³/mol. The van der Waals surface area contributed by atoms with E-state index in [0.29, 0.717) is 30.6 Å². The summed E-state index contributed by atoms with van der Waals surface area (Å²) in [7, 11) is 1.21. The monoisotopic (exact) mass is 573 g/mol. The Hall–Kier alpha value is -3.20. The van der Waals surface area contributed by atoms with Crippen LogP contribution in [0.15, 0.2) is 36.4 Å². The molecule has 3 N–H and O–H groups in total. The summed E-state index contributed by atoms with van der Waals surface area (Å²) >= 11 is 0. The van der Waals surface area contributed by atoms with Crippen molar-refractivity contribution in [2.45, 2.75) is 108 Å². The van der Waals surface area contributed by atoms with Crippen molar-refractivity contribution in [3.63, 3.8) is 0 Å². The number of esters is 2. The van der Waals surface area contributed by atoms with Crippen LogP contribution in [0, 0.1) is 5.92 Å². The number of carbonyl (C=O) groups excluding carboxylic acids is 4. The number of phenols is 1. The van der Waals surface area contributed by atoms with Crippen molar-refractivity contribution < 1.29 is 38.9 Å². The Labute approximate surface area is 243 Å². The Kier molecular flexibility index (Phi) is 15.2. The van der Waals surface area contributed by atoms with Crippen LogP contribution in [0.4, 0.5) is 0 Å². The highest BCUT2D eigenvalue weighted by Gasteiger charge is 2.51. The van der Waals surface area contributed by atoms with Gasteiger partial charge in [-0.3, -0.25) is 9.59 Å². The van der Waals surface area contributed by atoms with Gasteiger partial charge in [0.1, 0.15) is 17.6 Å². The van der Waals surface area contributed by atoms with Crippen molar-refractivity contribution in [1.82, 2.24) is 5.32 Å². The van der Waals surface area contributed by atoms with Gasteiger partial charge in [0.25, 0.3) is 0 Å². The van der Waals surface area contributed by atoms with E-state index in [2.05, 4.69) is 12.2 Å². The van der Waals surface area contributed by atoms with Gasteiger partial charge in [-0.05, 0) is 43.4 Å². The number of benzene rings is 1. The Morgan fingerprint density at radius 1 is 1.02 bits per heavy atom. The maximum atomic E-state index is 13.3. The lowest BCUT2D eigenvalue weighted by Gasteiger charge is -2.27. The largest absolute Gasteiger partial charge is 0.508 e. The first-order valence-electron chi connectivity index (χ1n) is 14.9. The number of cyclic esters (lactones) is 1. The van der Waals surface area contributed by atoms with Crippen molar-refractivity contribution in [1.29, 1.82) is 0 Å². The molecule has 0 unspecified atom stereocenters. The molecular weight excluding hydrogens is 526 g/mol. The molecule has 3 atom stereocenters. The lowest BCUT2D eigenvalue weighted by Crippen LogP contribution is -2.53. The van der Waals surface area contributed by atoms with Crippen molar-refractivity contribution in [2.75, 3.05) is 13.7 Å². The molecule has 0 bridgehead atoms. The number of aromatic hydroxyl groups is 1. The number of Topliss-reactive ketones (excluding diaryl/α,β-unsaturated/α-hetero) is 1. The molecule has 0 aromatic heterocycles. The number of ketones is 1. The molecule has 0 spiro atoms. The summed E-state index contributed by atoms with van der Waals surface area (Å²) in [6.45, 7) is 2.17. The molecule has 1 fully saturated rings. The van der Waals surface area contributed by atoms with E-state index in [1.807, 2.05) is 0 Å². The molecule has 1 heterocycles. The summed E-state index contributed by atoms with van der Waals surface area (Å²) in [4.78, 5) is 50.2. The average Bonchev–Trinajstić information content (AvgIpc) is 3.30. The summed E-state index contributed by atoms with van der Waals surface area (Å²) < 4.78 is 9.82. The molecule has 1 aromatic rings. The zero-order chi connectivity index (χ0) is 30.1. The molecular formula is C32H47NO8. The van der Waals surface area contributed by atoms with E-state index in [9.17, 15) is 29.4 Å². The van der Waals surface area contributed by atoms with Gasteiger partial charge in [0.15, 0.2) is 5.60 Å². The van der Waals surface area contributed by atoms with E-state index in [1.54, 1.807) is 18.2 Å². The summed E-state index contributed by atoms with van der Waals surface area (Å²) in [5.41, 5.74) is -1.35. The van der Waals surface area contributed by atoms with Crippen LogP contribution in [-0.2, 0) is 35.1 Å². The fraction of sp³-hybridized carbons (Fsp3) is 0.625. The molecule has 0 radical (unpaired) electrons. The van der Waals surface area contributed by atoms with Crippen LogP contribution < -0.4 is 5.32 Å². The van der Waals surface area contributed by atoms with Crippen LogP contribution in [-0.4, -0.2) is 59.2 Å². The Bertz CT molecular complexity index is 1010. The number of nitrogens with one attached hydrogen (secondary N) is 1. The van der Waals surface area contributed by atoms with E-state index in [1.165, 1.54) is 44.6 Å². The molecule has 41 heavy (non-hydrogen) atoms. The fourth-order valence-electron chi connectivity index (χ4n) is 4.96. The third-order valence-corrected chi connectivity index (χ3v) is 7.51. The molecule has 9 nitrogen and oxygen atoms in total. The standard InChI is InChI=1S/C32H47NO8/c1-3-4-5-8-11-14-25(34)15-12-9-6-7-10-13-16-27(32(39)21-22-41-31(32)38)29(36)33-28(30(37)40-2)23-24-17-19-26(35)20-18-24/h13,16-20,27-28,35,39H,3-12,14-15,21-23H2,1-2H3,(H,33,36)/b16-13+/t27-,28+,32+/m1/s1. The van der Waals surface area contributed by atoms with Crippen LogP contribution >= 0.6 is 0 Å². The van der Waals surface area contributed by atoms with Crippen LogP contribution in [0.3, 0.4) is 0 Å². The van der Waals surface area contributed by atoms with Crippen LogP contribution in [0.1, 0.15) is 96.0 Å². The fourth-order valence-corrected chi connectivity index (χ4v) is 4.96. The number of rotatable bonds is 20. The highest BCUT2D eigenvalue weighted by Crippen LogP contribution is 2.30. The van der Waals surface area contributed by atoms with E-state index in [0.717, 1.165) is 38.5 Å². The smallest absolute Gasteiger partial charge is 0.339 e. The second-order valence-corrected chi connectivity index (χ2v) is 10.8. The quantitative estimate of drug-likeness (QED) is 0.116. The minimum atomic E-state index is -2.03. The maximum absolute atomic E-state index is 13.3. The zero-order valence-corrected chi connectivity index (χ0v) is 24.6. The number of amides is 1. The Morgan fingerprint density at radius 3 is 2.24 bits per heavy atom. The zero-order valence-electron chi connectivity index (χ0n) is 24.6. The van der Waals surface area contributed by atoms with Crippen LogP contribution in [0.25, 0.3) is 0 Å². The van der Waals surface area contributed by atoms with Gasteiger partial charge in [-0.2, -0.15) is 0 Å². The topological polar surface area (TPSA) is 139 Å². The number of unbranched alkanes of at least 4 members (excludes halogenated alkanes) is 8. The number of carbonyl (C=O) groups is 4. The summed E-state index contributed by atoms with van der Waals surface area (Å²) in [6.07, 6.45) is 14.6. The van der Waals surface area contributed by atoms with Crippen molar-refractivity contribution >= 4 is 23.6 Å². The predicted octanol–water partition coefficient (Wildman–Crippen LogP) is 4.71. The molecule has 1 aromatic carbocycles. The van der Waals surface area contributed by atoms with Crippen LogP contribution in [0.2, 0.25) is 0 Å². The summed E-state index contributed by atoms with van der Waals surface area (Å²) in [6, 6.07) is 5.14. The van der Waals surface area contributed by atoms with E-state index in [-0.39, 0.29) is 25.2 Å². The molecule has 1 amide bonds. The second-order valence-electron chi connectivity index (χ2n) is 10.8. The number of hydrogen-bond donors (Lipinski definition) is 3. The van der Waals surface area contributed by atoms with Gasteiger partial charge >= 0.3 is 11.9 Å². The first kappa shape index (κ1) is 34.0. The summed E-state index contributed by atoms with van der Waals surface area (Å²) in [5.74, 6) is -3.08. The van der Waals surface area contributed by atoms with E-state index in [4.69, 9.17) is 9.47 Å². The number of allylic oxidation sites excluding steroid dienone is 1. The number of hydrogen-bond acceptors (Lipinski definition) is 8. The Morgan fingerprint density at radius 2 is 1.66 bits per heavy atom. The third kappa shape index (κ3) is 11.7. The number of methoxy groups -OCH3 is 1.